The lowest BCUT2D eigenvalue weighted by atomic mass is 10.1. The summed E-state index contributed by atoms with van der Waals surface area (Å²) in [6, 6.07) is 18.6. The van der Waals surface area contributed by atoms with Crippen molar-refractivity contribution in [3.8, 4) is 16.8 Å². The number of nitrogens with zero attached hydrogens (tertiary/aromatic N) is 5. The lowest BCUT2D eigenvalue weighted by Gasteiger charge is -2.10. The summed E-state index contributed by atoms with van der Waals surface area (Å²) in [5.41, 5.74) is 3.34. The van der Waals surface area contributed by atoms with Crippen LogP contribution in [0, 0.1) is 0 Å². The van der Waals surface area contributed by atoms with Gasteiger partial charge in [-0.15, -0.1) is 5.10 Å². The molecule has 1 aromatic heterocycles. The smallest absolute Gasteiger partial charge is 0.181 e. The summed E-state index contributed by atoms with van der Waals surface area (Å²) in [5, 5.41) is 12.1. The molecule has 2 heterocycles. The number of benzene rings is 2. The first-order valence-electron chi connectivity index (χ1n) is 8.27. The average Bonchev–Trinajstić information content (AvgIpc) is 3.32. The van der Waals surface area contributed by atoms with Crippen molar-refractivity contribution in [3.05, 3.63) is 66.6 Å². The summed E-state index contributed by atoms with van der Waals surface area (Å²) in [6.45, 7) is 2.23. The van der Waals surface area contributed by atoms with Crippen molar-refractivity contribution in [2.75, 3.05) is 13.1 Å². The van der Waals surface area contributed by atoms with Crippen LogP contribution < -0.4 is 0 Å². The van der Waals surface area contributed by atoms with Gasteiger partial charge in [0.05, 0.1) is 5.69 Å². The highest BCUT2D eigenvalue weighted by Crippen LogP contribution is 2.21. The number of likely N-dealkylation sites (tertiary alicyclic amines) is 1. The van der Waals surface area contributed by atoms with Gasteiger partial charge < -0.3 is 4.90 Å². The molecule has 1 aliphatic rings. The first-order valence-corrected chi connectivity index (χ1v) is 8.27. The second-order valence-electron chi connectivity index (χ2n) is 5.92. The molecule has 0 unspecified atom stereocenters. The van der Waals surface area contributed by atoms with Crippen molar-refractivity contribution in [1.82, 2.24) is 25.1 Å². The maximum Gasteiger partial charge on any atom is 0.181 e. The van der Waals surface area contributed by atoms with E-state index in [-0.39, 0.29) is 0 Å². The van der Waals surface area contributed by atoms with E-state index in [9.17, 15) is 0 Å². The summed E-state index contributed by atoms with van der Waals surface area (Å²) < 4.78 is 1.77. The molecule has 120 valence electrons. The molecule has 0 bridgehead atoms. The van der Waals surface area contributed by atoms with Crippen molar-refractivity contribution in [2.45, 2.75) is 12.8 Å². The molecule has 2 aromatic carbocycles. The van der Waals surface area contributed by atoms with Gasteiger partial charge in [0.2, 0.25) is 0 Å². The Balaban J connectivity index is 1.57. The molecular weight excluding hydrogens is 298 g/mol. The Morgan fingerprint density at radius 1 is 0.833 bits per heavy atom. The van der Waals surface area contributed by atoms with Crippen molar-refractivity contribution in [1.29, 1.82) is 0 Å². The van der Waals surface area contributed by atoms with Crippen molar-refractivity contribution >= 4 is 6.08 Å². The third-order valence-corrected chi connectivity index (χ3v) is 4.29. The van der Waals surface area contributed by atoms with Gasteiger partial charge >= 0.3 is 0 Å². The minimum atomic E-state index is 0.745. The van der Waals surface area contributed by atoms with E-state index in [1.165, 1.54) is 24.0 Å². The van der Waals surface area contributed by atoms with Gasteiger partial charge in [-0.25, -0.2) is 0 Å². The predicted octanol–water partition coefficient (Wildman–Crippen LogP) is 3.40. The van der Waals surface area contributed by atoms with Crippen LogP contribution in [-0.2, 0) is 0 Å². The van der Waals surface area contributed by atoms with Gasteiger partial charge in [0.25, 0.3) is 0 Å². The minimum Gasteiger partial charge on any atom is -0.377 e. The van der Waals surface area contributed by atoms with Gasteiger partial charge in [0.15, 0.2) is 5.82 Å². The summed E-state index contributed by atoms with van der Waals surface area (Å²) in [6.07, 6.45) is 6.59. The standard InChI is InChI=1S/C19H19N5/c1-2-6-16(7-3-1)17-8-10-18(11-9-17)24-19(20-21-22-24)12-15-23-13-4-5-14-23/h1-3,6-12,15H,4-5,13-14H2. The number of hydrogen-bond acceptors (Lipinski definition) is 4. The summed E-state index contributed by atoms with van der Waals surface area (Å²) in [5.74, 6) is 0.745. The fourth-order valence-electron chi connectivity index (χ4n) is 2.97. The second-order valence-corrected chi connectivity index (χ2v) is 5.92. The molecule has 5 heteroatoms. The fraction of sp³-hybridized carbons (Fsp3) is 0.211. The van der Waals surface area contributed by atoms with E-state index in [1.807, 2.05) is 36.4 Å². The number of aromatic nitrogens is 4. The van der Waals surface area contributed by atoms with Crippen LogP contribution in [0.2, 0.25) is 0 Å². The van der Waals surface area contributed by atoms with E-state index in [2.05, 4.69) is 50.9 Å². The molecule has 0 atom stereocenters. The lowest BCUT2D eigenvalue weighted by molar-refractivity contribution is 0.470. The van der Waals surface area contributed by atoms with Crippen LogP contribution >= 0.6 is 0 Å². The number of tetrazole rings is 1. The van der Waals surface area contributed by atoms with Gasteiger partial charge in [-0.05, 0) is 46.5 Å². The molecule has 0 spiro atoms. The van der Waals surface area contributed by atoms with E-state index < -0.39 is 0 Å². The van der Waals surface area contributed by atoms with Crippen LogP contribution in [-0.4, -0.2) is 38.2 Å². The minimum absolute atomic E-state index is 0.745. The monoisotopic (exact) mass is 317 g/mol. The number of hydrogen-bond donors (Lipinski definition) is 0. The summed E-state index contributed by atoms with van der Waals surface area (Å²) in [7, 11) is 0. The molecule has 1 fully saturated rings. The van der Waals surface area contributed by atoms with Crippen LogP contribution in [0.3, 0.4) is 0 Å². The van der Waals surface area contributed by atoms with Gasteiger partial charge in [-0.3, -0.25) is 0 Å². The molecule has 0 radical (unpaired) electrons. The Morgan fingerprint density at radius 3 is 2.29 bits per heavy atom. The SMILES string of the molecule is C(=CN1CCCC1)c1nnnn1-c1ccc(-c2ccccc2)cc1. The highest BCUT2D eigenvalue weighted by atomic mass is 15.5. The third kappa shape index (κ3) is 3.06. The van der Waals surface area contributed by atoms with Crippen molar-refractivity contribution in [2.24, 2.45) is 0 Å². The first kappa shape index (κ1) is 14.6. The quantitative estimate of drug-likeness (QED) is 0.740. The molecule has 1 aliphatic heterocycles. The van der Waals surface area contributed by atoms with Gasteiger partial charge in [-0.2, -0.15) is 4.68 Å². The van der Waals surface area contributed by atoms with Crippen LogP contribution in [0.5, 0.6) is 0 Å². The molecule has 0 aliphatic carbocycles. The van der Waals surface area contributed by atoms with Crippen LogP contribution in [0.25, 0.3) is 22.9 Å². The molecule has 3 aromatic rings. The Morgan fingerprint density at radius 2 is 1.54 bits per heavy atom. The van der Waals surface area contributed by atoms with Gasteiger partial charge in [-0.1, -0.05) is 42.5 Å². The van der Waals surface area contributed by atoms with Gasteiger partial charge in [0.1, 0.15) is 0 Å². The van der Waals surface area contributed by atoms with Gasteiger partial charge in [0, 0.05) is 25.4 Å². The highest BCUT2D eigenvalue weighted by Gasteiger charge is 2.09. The molecule has 24 heavy (non-hydrogen) atoms. The maximum atomic E-state index is 4.12. The van der Waals surface area contributed by atoms with Crippen molar-refractivity contribution in [3.63, 3.8) is 0 Å². The second kappa shape index (κ2) is 6.66. The van der Waals surface area contributed by atoms with Crippen LogP contribution in [0.4, 0.5) is 0 Å². The largest absolute Gasteiger partial charge is 0.377 e. The fourth-order valence-corrected chi connectivity index (χ4v) is 2.97. The molecule has 0 amide bonds. The van der Waals surface area contributed by atoms with Crippen LogP contribution in [0.1, 0.15) is 18.7 Å². The van der Waals surface area contributed by atoms with E-state index in [1.54, 1.807) is 4.68 Å². The summed E-state index contributed by atoms with van der Waals surface area (Å²) in [4.78, 5) is 2.30. The normalized spacial score (nSPS) is 14.6. The zero-order valence-corrected chi connectivity index (χ0v) is 13.4. The molecule has 1 saturated heterocycles. The Hall–Kier alpha value is -2.95. The molecular formula is C19H19N5. The topological polar surface area (TPSA) is 46.8 Å². The molecule has 5 nitrogen and oxygen atoms in total. The maximum absolute atomic E-state index is 4.12. The average molecular weight is 317 g/mol. The molecule has 0 saturated carbocycles. The van der Waals surface area contributed by atoms with E-state index >= 15 is 0 Å². The Kier molecular flexibility index (Phi) is 4.06. The Labute approximate surface area is 141 Å². The highest BCUT2D eigenvalue weighted by molar-refractivity contribution is 5.64. The predicted molar refractivity (Wildman–Crippen MR) is 94.4 cm³/mol. The van der Waals surface area contributed by atoms with E-state index in [0.717, 1.165) is 24.6 Å². The Bertz CT molecular complexity index is 814. The third-order valence-electron chi connectivity index (χ3n) is 4.29. The van der Waals surface area contributed by atoms with E-state index in [0.29, 0.717) is 0 Å². The molecule has 0 N–H and O–H groups in total. The van der Waals surface area contributed by atoms with Crippen molar-refractivity contribution < 1.29 is 0 Å². The zero-order valence-electron chi connectivity index (χ0n) is 13.4. The van der Waals surface area contributed by atoms with E-state index in [4.69, 9.17) is 0 Å². The lowest BCUT2D eigenvalue weighted by Crippen LogP contribution is -2.10. The molecule has 4 rings (SSSR count). The van der Waals surface area contributed by atoms with Crippen LogP contribution in [0.15, 0.2) is 60.8 Å². The number of rotatable bonds is 4. The summed E-state index contributed by atoms with van der Waals surface area (Å²) >= 11 is 0. The first-order chi connectivity index (χ1) is 11.9. The zero-order chi connectivity index (χ0) is 16.2.